The first-order valence-corrected chi connectivity index (χ1v) is 20.8. The van der Waals surface area contributed by atoms with E-state index in [0.717, 1.165) is 83.1 Å². The summed E-state index contributed by atoms with van der Waals surface area (Å²) in [6.45, 7) is 8.72. The van der Waals surface area contributed by atoms with Crippen LogP contribution in [0.15, 0.2) is 200 Å². The second-order valence-electron chi connectivity index (χ2n) is 15.9. The molecule has 0 bridgehead atoms. The lowest BCUT2D eigenvalue weighted by atomic mass is 9.88. The normalized spacial score (nSPS) is 11.6. The zero-order valence-corrected chi connectivity index (χ0v) is 33.5. The maximum absolute atomic E-state index is 10.5. The van der Waals surface area contributed by atoms with Crippen molar-refractivity contribution < 1.29 is 0 Å². The average molecular weight is 790 g/mol. The highest BCUT2D eigenvalue weighted by Gasteiger charge is 2.28. The first-order chi connectivity index (χ1) is 30.7. The zero-order valence-electron chi connectivity index (χ0n) is 33.5. The maximum Gasteiger partial charge on any atom is 0.189 e. The number of nitrogens with zero attached hydrogens (tertiary/aromatic N) is 5. The van der Waals surface area contributed by atoms with E-state index >= 15 is 0 Å². The fourth-order valence-electron chi connectivity index (χ4n) is 10.00. The molecule has 0 aliphatic rings. The Hall–Kier alpha value is -8.64. The van der Waals surface area contributed by atoms with Gasteiger partial charge in [-0.25, -0.2) is 4.85 Å². The summed E-state index contributed by atoms with van der Waals surface area (Å²) < 4.78 is 7.37. The van der Waals surface area contributed by atoms with E-state index in [1.54, 1.807) is 6.07 Å². The van der Waals surface area contributed by atoms with Gasteiger partial charge in [0.25, 0.3) is 0 Å². The largest absolute Gasteiger partial charge is 0.336 e. The minimum Gasteiger partial charge on any atom is -0.336 e. The van der Waals surface area contributed by atoms with Gasteiger partial charge < -0.3 is 13.7 Å². The van der Waals surface area contributed by atoms with Gasteiger partial charge in [0, 0.05) is 60.0 Å². The van der Waals surface area contributed by atoms with Crippen LogP contribution in [-0.2, 0) is 6.54 Å². The average Bonchev–Trinajstić information content (AvgIpc) is 3.97. The Bertz CT molecular complexity index is 3670. The summed E-state index contributed by atoms with van der Waals surface area (Å²) in [6, 6.07) is 73.0. The number of fused-ring (bicyclic) bond motifs is 9. The van der Waals surface area contributed by atoms with E-state index in [0.29, 0.717) is 17.8 Å². The summed E-state index contributed by atoms with van der Waals surface area (Å²) >= 11 is 0. The summed E-state index contributed by atoms with van der Waals surface area (Å²) in [6.07, 6.45) is 0. The minimum absolute atomic E-state index is 0.418. The van der Waals surface area contributed by atoms with Crippen molar-refractivity contribution in [2.75, 3.05) is 0 Å². The third kappa shape index (κ3) is 5.26. The first kappa shape index (κ1) is 35.3. The summed E-state index contributed by atoms with van der Waals surface area (Å²) in [5, 5.41) is 17.5. The van der Waals surface area contributed by atoms with E-state index in [1.807, 2.05) is 12.1 Å². The molecule has 3 aromatic heterocycles. The number of aromatic nitrogens is 3. The Kier molecular flexibility index (Phi) is 7.97. The Morgan fingerprint density at radius 1 is 0.452 bits per heavy atom. The van der Waals surface area contributed by atoms with Crippen molar-refractivity contribution in [2.24, 2.45) is 0 Å². The molecule has 0 saturated heterocycles. The van der Waals surface area contributed by atoms with E-state index in [9.17, 15) is 5.26 Å². The monoisotopic (exact) mass is 789 g/mol. The molecule has 12 aromatic rings. The summed E-state index contributed by atoms with van der Waals surface area (Å²) in [7, 11) is 0. The van der Waals surface area contributed by atoms with E-state index in [2.05, 4.69) is 207 Å². The van der Waals surface area contributed by atoms with Crippen LogP contribution >= 0.6 is 0 Å². The van der Waals surface area contributed by atoms with Gasteiger partial charge in [-0.2, -0.15) is 5.26 Å². The highest BCUT2D eigenvalue weighted by Crippen LogP contribution is 2.48. The Balaban J connectivity index is 1.37. The van der Waals surface area contributed by atoms with Crippen molar-refractivity contribution in [3.05, 3.63) is 223 Å². The van der Waals surface area contributed by atoms with Gasteiger partial charge in [0.2, 0.25) is 0 Å². The predicted octanol–water partition coefficient (Wildman–Crippen LogP) is 14.8. The van der Waals surface area contributed by atoms with Crippen molar-refractivity contribution >= 4 is 71.1 Å². The maximum atomic E-state index is 10.5. The summed E-state index contributed by atoms with van der Waals surface area (Å²) in [5.41, 5.74) is 14.4. The molecular formula is C57H35N5. The fraction of sp³-hybridized carbons (Fsp3) is 0.0175. The van der Waals surface area contributed by atoms with Crippen LogP contribution in [0.3, 0.4) is 0 Å². The molecule has 0 fully saturated rings. The van der Waals surface area contributed by atoms with Gasteiger partial charge in [-0.1, -0.05) is 140 Å². The quantitative estimate of drug-likeness (QED) is 0.155. The van der Waals surface area contributed by atoms with E-state index in [4.69, 9.17) is 6.57 Å². The second-order valence-corrected chi connectivity index (χ2v) is 15.9. The van der Waals surface area contributed by atoms with Gasteiger partial charge in [0.1, 0.15) is 0 Å². The van der Waals surface area contributed by atoms with E-state index in [1.165, 1.54) is 21.5 Å². The molecule has 62 heavy (non-hydrogen) atoms. The lowest BCUT2D eigenvalue weighted by Gasteiger charge is -2.27. The smallest absolute Gasteiger partial charge is 0.189 e. The fourth-order valence-corrected chi connectivity index (χ4v) is 10.00. The van der Waals surface area contributed by atoms with Crippen LogP contribution in [0.1, 0.15) is 11.1 Å². The molecule has 288 valence electrons. The molecule has 0 saturated carbocycles. The summed E-state index contributed by atoms with van der Waals surface area (Å²) in [4.78, 5) is 3.92. The van der Waals surface area contributed by atoms with Gasteiger partial charge >= 0.3 is 0 Å². The lowest BCUT2D eigenvalue weighted by Crippen LogP contribution is -2.13. The van der Waals surface area contributed by atoms with Gasteiger partial charge in [-0.05, 0) is 77.4 Å². The molecule has 0 aliphatic carbocycles. The first-order valence-electron chi connectivity index (χ1n) is 20.8. The van der Waals surface area contributed by atoms with Crippen molar-refractivity contribution in [3.63, 3.8) is 0 Å². The number of para-hydroxylation sites is 6. The second kappa shape index (κ2) is 14.0. The summed E-state index contributed by atoms with van der Waals surface area (Å²) in [5.74, 6) is 0. The molecule has 12 rings (SSSR count). The van der Waals surface area contributed by atoms with Crippen molar-refractivity contribution in [2.45, 2.75) is 6.54 Å². The molecule has 5 heteroatoms. The number of hydrogen-bond acceptors (Lipinski definition) is 1. The van der Waals surface area contributed by atoms with Crippen LogP contribution in [0.2, 0.25) is 0 Å². The van der Waals surface area contributed by atoms with Crippen molar-refractivity contribution in [1.82, 2.24) is 13.7 Å². The van der Waals surface area contributed by atoms with Crippen LogP contribution in [0.25, 0.3) is 104 Å². The Morgan fingerprint density at radius 3 is 1.37 bits per heavy atom. The van der Waals surface area contributed by atoms with Crippen LogP contribution < -0.4 is 0 Å². The number of rotatable bonds is 6. The van der Waals surface area contributed by atoms with Gasteiger partial charge in [-0.3, -0.25) is 0 Å². The van der Waals surface area contributed by atoms with E-state index < -0.39 is 0 Å². The van der Waals surface area contributed by atoms with Crippen LogP contribution in [0.5, 0.6) is 0 Å². The van der Waals surface area contributed by atoms with Gasteiger partial charge in [-0.15, -0.1) is 0 Å². The SMILES string of the molecule is [C-]#[N+]c1cc(C#N)cc(-c2c(-c3ccccc3)cc(-n3c4ccccc4c4ccccc43)c(Cn3c4ccccc4c4ccccc43)c2-n2c3ccccc3c3ccccc32)c1. The molecule has 9 aromatic carbocycles. The Morgan fingerprint density at radius 2 is 0.887 bits per heavy atom. The molecule has 0 amide bonds. The van der Waals surface area contributed by atoms with Gasteiger partial charge in [0.05, 0.1) is 52.6 Å². The highest BCUT2D eigenvalue weighted by atomic mass is 15.1. The predicted molar refractivity (Wildman–Crippen MR) is 256 cm³/mol. The van der Waals surface area contributed by atoms with Crippen LogP contribution in [0, 0.1) is 17.9 Å². The van der Waals surface area contributed by atoms with Crippen LogP contribution in [-0.4, -0.2) is 13.7 Å². The molecular weight excluding hydrogens is 755 g/mol. The molecule has 0 atom stereocenters. The zero-order chi connectivity index (χ0) is 41.3. The molecule has 0 unspecified atom stereocenters. The topological polar surface area (TPSA) is 42.9 Å². The number of benzene rings is 9. The standard InChI is InChI=1S/C57H35N5/c1-59-40-32-37(35-58)31-39(33-40)56-47(38-17-3-2-4-18-38)34-55(61-51-27-13-7-21-43(51)44-22-8-14-28-52(44)61)48(36-60-49-25-11-5-19-41(49)42-20-6-12-26-50(42)60)57(56)62-53-29-15-9-23-45(53)46-24-10-16-30-54(46)62/h2-34H,36H2. The Labute approximate surface area is 357 Å². The number of hydrogen-bond donors (Lipinski definition) is 0. The third-order valence-corrected chi connectivity index (χ3v) is 12.6. The molecule has 0 radical (unpaired) electrons. The molecule has 3 heterocycles. The molecule has 0 aliphatic heterocycles. The minimum atomic E-state index is 0.418. The lowest BCUT2D eigenvalue weighted by molar-refractivity contribution is 0.850. The highest BCUT2D eigenvalue weighted by molar-refractivity contribution is 6.13. The van der Waals surface area contributed by atoms with Crippen molar-refractivity contribution in [3.8, 4) is 39.7 Å². The molecule has 5 nitrogen and oxygen atoms in total. The molecule has 0 N–H and O–H groups in total. The van der Waals surface area contributed by atoms with Crippen molar-refractivity contribution in [1.29, 1.82) is 5.26 Å². The number of nitriles is 1. The molecule has 0 spiro atoms. The van der Waals surface area contributed by atoms with E-state index in [-0.39, 0.29) is 0 Å². The van der Waals surface area contributed by atoms with Gasteiger partial charge in [0.15, 0.2) is 5.69 Å². The third-order valence-electron chi connectivity index (χ3n) is 12.6. The van der Waals surface area contributed by atoms with Crippen LogP contribution in [0.4, 0.5) is 5.69 Å².